The minimum Gasteiger partial charge on any atom is -0.326 e. The number of nitrogens with one attached hydrogen (secondary N) is 1. The van der Waals surface area contributed by atoms with Crippen LogP contribution in [-0.4, -0.2) is 21.1 Å². The number of carbonyl (C=O) groups excluding carboxylic acids is 2. The van der Waals surface area contributed by atoms with Crippen LogP contribution in [0.15, 0.2) is 48.7 Å². The third-order valence-electron chi connectivity index (χ3n) is 4.81. The summed E-state index contributed by atoms with van der Waals surface area (Å²) in [4.78, 5) is 28.6. The van der Waals surface area contributed by atoms with E-state index in [4.69, 9.17) is 0 Å². The molecule has 1 aliphatic carbocycles. The zero-order valence-electron chi connectivity index (χ0n) is 14.0. The maximum absolute atomic E-state index is 12.6. The third-order valence-corrected chi connectivity index (χ3v) is 4.81. The quantitative estimate of drug-likeness (QED) is 0.748. The predicted octanol–water partition coefficient (Wildman–Crippen LogP) is 3.28. The van der Waals surface area contributed by atoms with Gasteiger partial charge in [-0.3, -0.25) is 9.59 Å². The van der Waals surface area contributed by atoms with Crippen LogP contribution in [0, 0.1) is 5.92 Å². The normalized spacial score (nSPS) is 16.4. The molecule has 5 heteroatoms. The van der Waals surface area contributed by atoms with E-state index in [2.05, 4.69) is 14.7 Å². The number of fused-ring (bicyclic) bond motifs is 3. The summed E-state index contributed by atoms with van der Waals surface area (Å²) >= 11 is 0. The molecule has 0 bridgehead atoms. The van der Waals surface area contributed by atoms with Crippen molar-refractivity contribution in [1.29, 1.82) is 0 Å². The van der Waals surface area contributed by atoms with E-state index in [1.165, 1.54) is 6.92 Å². The maximum Gasteiger partial charge on any atom is 0.227 e. The molecular formula is C20H19N3O2. The number of hydrogen-bond acceptors (Lipinski definition) is 3. The van der Waals surface area contributed by atoms with Gasteiger partial charge in [0.2, 0.25) is 5.91 Å². The minimum atomic E-state index is -0.0694. The summed E-state index contributed by atoms with van der Waals surface area (Å²) in [6.45, 7) is 1.53. The van der Waals surface area contributed by atoms with E-state index < -0.39 is 0 Å². The molecule has 1 N–H and O–H groups in total. The van der Waals surface area contributed by atoms with E-state index in [0.29, 0.717) is 12.0 Å². The number of aromatic nitrogens is 2. The first-order valence-corrected chi connectivity index (χ1v) is 8.48. The molecule has 0 fully saturated rings. The van der Waals surface area contributed by atoms with Crippen LogP contribution in [0.1, 0.15) is 35.1 Å². The molecule has 126 valence electrons. The van der Waals surface area contributed by atoms with E-state index >= 15 is 0 Å². The van der Waals surface area contributed by atoms with Crippen molar-refractivity contribution < 1.29 is 9.59 Å². The lowest BCUT2D eigenvalue weighted by atomic mass is 9.89. The molecule has 1 unspecified atom stereocenters. The second kappa shape index (κ2) is 6.16. The monoisotopic (exact) mass is 333 g/mol. The average molecular weight is 333 g/mol. The molecule has 25 heavy (non-hydrogen) atoms. The Kier molecular flexibility index (Phi) is 3.84. The Bertz CT molecular complexity index is 957. The number of carbonyl (C=O) groups is 2. The number of aryl methyl sites for hydroxylation is 1. The van der Waals surface area contributed by atoms with Crippen molar-refractivity contribution in [2.24, 2.45) is 5.92 Å². The van der Waals surface area contributed by atoms with Crippen molar-refractivity contribution >= 4 is 23.0 Å². The number of amides is 1. The molecule has 0 radical (unpaired) electrons. The first kappa shape index (κ1) is 15.6. The zero-order chi connectivity index (χ0) is 17.4. The molecule has 1 aliphatic rings. The van der Waals surface area contributed by atoms with E-state index in [1.54, 1.807) is 24.3 Å². The Morgan fingerprint density at radius 1 is 1.16 bits per heavy atom. The van der Waals surface area contributed by atoms with E-state index in [9.17, 15) is 9.59 Å². The van der Waals surface area contributed by atoms with Gasteiger partial charge >= 0.3 is 0 Å². The van der Waals surface area contributed by atoms with Crippen molar-refractivity contribution in [2.75, 3.05) is 5.32 Å². The number of nitrogens with zero attached hydrogens (tertiary/aromatic N) is 2. The van der Waals surface area contributed by atoms with Gasteiger partial charge in [-0.15, -0.1) is 0 Å². The SMILES string of the molecule is CC(=O)c1ccc(NC(=O)C2CCc3nc4ccccn4c3C2)cc1. The lowest BCUT2D eigenvalue weighted by Gasteiger charge is -2.21. The Labute approximate surface area is 145 Å². The van der Waals surface area contributed by atoms with Crippen molar-refractivity contribution in [3.63, 3.8) is 0 Å². The van der Waals surface area contributed by atoms with Crippen LogP contribution in [-0.2, 0) is 17.6 Å². The standard InChI is InChI=1S/C20H19N3O2/c1-13(24)14-5-8-16(9-6-14)21-20(25)15-7-10-17-18(12-15)23-11-3-2-4-19(23)22-17/h2-6,8-9,11,15H,7,10,12H2,1H3,(H,21,25). The van der Waals surface area contributed by atoms with Crippen LogP contribution in [0.4, 0.5) is 5.69 Å². The van der Waals surface area contributed by atoms with Crippen LogP contribution < -0.4 is 5.32 Å². The molecule has 2 heterocycles. The fourth-order valence-electron chi connectivity index (χ4n) is 3.41. The highest BCUT2D eigenvalue weighted by atomic mass is 16.2. The summed E-state index contributed by atoms with van der Waals surface area (Å²) in [6, 6.07) is 13.0. The molecule has 1 amide bonds. The highest BCUT2D eigenvalue weighted by Gasteiger charge is 2.28. The first-order valence-electron chi connectivity index (χ1n) is 8.48. The molecule has 1 atom stereocenters. The van der Waals surface area contributed by atoms with Crippen LogP contribution in [0.25, 0.3) is 5.65 Å². The maximum atomic E-state index is 12.6. The molecular weight excluding hydrogens is 314 g/mol. The molecule has 5 nitrogen and oxygen atoms in total. The van der Waals surface area contributed by atoms with Gasteiger partial charge in [0, 0.05) is 35.5 Å². The van der Waals surface area contributed by atoms with E-state index in [1.807, 2.05) is 24.4 Å². The molecule has 0 aliphatic heterocycles. The van der Waals surface area contributed by atoms with Crippen LogP contribution in [0.3, 0.4) is 0 Å². The summed E-state index contributed by atoms with van der Waals surface area (Å²) in [5.74, 6) is -0.0301. The fraction of sp³-hybridized carbons (Fsp3) is 0.250. The largest absolute Gasteiger partial charge is 0.326 e. The van der Waals surface area contributed by atoms with Gasteiger partial charge in [0.25, 0.3) is 0 Å². The molecule has 0 spiro atoms. The van der Waals surface area contributed by atoms with E-state index in [0.717, 1.165) is 35.6 Å². The topological polar surface area (TPSA) is 63.5 Å². The second-order valence-electron chi connectivity index (χ2n) is 6.50. The predicted molar refractivity (Wildman–Crippen MR) is 95.8 cm³/mol. The van der Waals surface area contributed by atoms with Gasteiger partial charge in [-0.1, -0.05) is 6.07 Å². The highest BCUT2D eigenvalue weighted by molar-refractivity contribution is 5.96. The number of benzene rings is 1. The van der Waals surface area contributed by atoms with Gasteiger partial charge < -0.3 is 9.72 Å². The third kappa shape index (κ3) is 2.93. The highest BCUT2D eigenvalue weighted by Crippen LogP contribution is 2.27. The van der Waals surface area contributed by atoms with Crippen LogP contribution >= 0.6 is 0 Å². The zero-order valence-corrected chi connectivity index (χ0v) is 14.0. The molecule has 0 saturated carbocycles. The van der Waals surface area contributed by atoms with Gasteiger partial charge in [-0.2, -0.15) is 0 Å². The van der Waals surface area contributed by atoms with Crippen molar-refractivity contribution in [3.05, 3.63) is 65.6 Å². The molecule has 0 saturated heterocycles. The number of pyridine rings is 1. The molecule has 1 aromatic carbocycles. The van der Waals surface area contributed by atoms with Crippen molar-refractivity contribution in [2.45, 2.75) is 26.2 Å². The number of anilines is 1. The van der Waals surface area contributed by atoms with Crippen LogP contribution in [0.5, 0.6) is 0 Å². The number of hydrogen-bond donors (Lipinski definition) is 1. The Morgan fingerprint density at radius 3 is 2.72 bits per heavy atom. The first-order chi connectivity index (χ1) is 12.1. The van der Waals surface area contributed by atoms with Gasteiger partial charge in [0.05, 0.1) is 5.69 Å². The van der Waals surface area contributed by atoms with Gasteiger partial charge in [0.1, 0.15) is 5.65 Å². The van der Waals surface area contributed by atoms with Crippen LogP contribution in [0.2, 0.25) is 0 Å². The Hall–Kier alpha value is -2.95. The second-order valence-corrected chi connectivity index (χ2v) is 6.50. The summed E-state index contributed by atoms with van der Waals surface area (Å²) in [7, 11) is 0. The number of rotatable bonds is 3. The van der Waals surface area contributed by atoms with Gasteiger partial charge in [0.15, 0.2) is 5.78 Å². The smallest absolute Gasteiger partial charge is 0.227 e. The number of ketones is 1. The fourth-order valence-corrected chi connectivity index (χ4v) is 3.41. The summed E-state index contributed by atoms with van der Waals surface area (Å²) in [6.07, 6.45) is 4.31. The minimum absolute atomic E-state index is 0.0188. The molecule has 2 aromatic heterocycles. The van der Waals surface area contributed by atoms with Crippen molar-refractivity contribution in [3.8, 4) is 0 Å². The lowest BCUT2D eigenvalue weighted by Crippen LogP contribution is -2.28. The Balaban J connectivity index is 1.51. The average Bonchev–Trinajstić information content (AvgIpc) is 3.00. The van der Waals surface area contributed by atoms with Gasteiger partial charge in [-0.25, -0.2) is 4.98 Å². The molecule has 3 aromatic rings. The summed E-state index contributed by atoms with van der Waals surface area (Å²) in [5.41, 5.74) is 4.54. The lowest BCUT2D eigenvalue weighted by molar-refractivity contribution is -0.120. The molecule has 4 rings (SSSR count). The van der Waals surface area contributed by atoms with Crippen molar-refractivity contribution in [1.82, 2.24) is 9.38 Å². The summed E-state index contributed by atoms with van der Waals surface area (Å²) in [5, 5.41) is 2.97. The van der Waals surface area contributed by atoms with E-state index in [-0.39, 0.29) is 17.6 Å². The van der Waals surface area contributed by atoms with Gasteiger partial charge in [-0.05, 0) is 56.2 Å². The Morgan fingerprint density at radius 2 is 1.96 bits per heavy atom. The number of Topliss-reactive ketones (excluding diaryl/α,β-unsaturated/α-hetero) is 1. The summed E-state index contributed by atoms with van der Waals surface area (Å²) < 4.78 is 2.08. The number of imidazole rings is 1.